The molecule has 216 valence electrons. The predicted octanol–water partition coefficient (Wildman–Crippen LogP) is 9.76. The average Bonchev–Trinajstić information content (AvgIpc) is 3.01. The maximum absolute atomic E-state index is 13.7. The first kappa shape index (κ1) is 29.2. The summed E-state index contributed by atoms with van der Waals surface area (Å²) in [7, 11) is 1.51. The number of hydrogen-bond acceptors (Lipinski definition) is 5. The molecule has 0 saturated heterocycles. The fourth-order valence-electron chi connectivity index (χ4n) is 4.83. The van der Waals surface area contributed by atoms with E-state index in [1.54, 1.807) is 12.1 Å². The molecule has 0 unspecified atom stereocenters. The number of benzene rings is 5. The Balaban J connectivity index is 1.47. The first-order valence-electron chi connectivity index (χ1n) is 14.1. The van der Waals surface area contributed by atoms with Crippen molar-refractivity contribution in [1.29, 1.82) is 0 Å². The van der Waals surface area contributed by atoms with Gasteiger partial charge in [-0.05, 0) is 97.5 Å². The lowest BCUT2D eigenvalue weighted by molar-refractivity contribution is -0.128. The Bertz CT molecular complexity index is 1790. The van der Waals surface area contributed by atoms with Gasteiger partial charge in [-0.3, -0.25) is 0 Å². The molecule has 5 heteroatoms. The van der Waals surface area contributed by atoms with Crippen LogP contribution < -0.4 is 14.2 Å². The highest BCUT2D eigenvalue weighted by Gasteiger charge is 2.22. The maximum atomic E-state index is 13.7. The van der Waals surface area contributed by atoms with E-state index in [1.807, 2.05) is 113 Å². The van der Waals surface area contributed by atoms with Gasteiger partial charge in [0.05, 0.1) is 13.4 Å². The van der Waals surface area contributed by atoms with Gasteiger partial charge in [0.15, 0.2) is 0 Å². The average molecular weight is 571 g/mol. The van der Waals surface area contributed by atoms with Gasteiger partial charge in [0.25, 0.3) is 0 Å². The summed E-state index contributed by atoms with van der Waals surface area (Å²) < 4.78 is 23.8. The number of para-hydroxylation sites is 1. The molecule has 5 aromatic carbocycles. The highest BCUT2D eigenvalue weighted by atomic mass is 16.5. The monoisotopic (exact) mass is 570 g/mol. The number of esters is 1. The van der Waals surface area contributed by atoms with Crippen molar-refractivity contribution in [3.8, 4) is 39.9 Å². The SMILES string of the molecule is CO/C=C(/C(=O)Oc1cccc(Oc2ccccc2)c1C)c1ccccc1-c1cccc(Oc2cc(C)ccc2C)c1C. The summed E-state index contributed by atoms with van der Waals surface area (Å²) in [6, 6.07) is 34.7. The summed E-state index contributed by atoms with van der Waals surface area (Å²) in [6.07, 6.45) is 1.42. The third-order valence-corrected chi connectivity index (χ3v) is 7.22. The van der Waals surface area contributed by atoms with Crippen LogP contribution in [0.5, 0.6) is 28.7 Å². The lowest BCUT2D eigenvalue weighted by atomic mass is 9.92. The van der Waals surface area contributed by atoms with Crippen molar-refractivity contribution in [3.05, 3.63) is 143 Å². The zero-order valence-electron chi connectivity index (χ0n) is 25.0. The highest BCUT2D eigenvalue weighted by Crippen LogP contribution is 2.38. The van der Waals surface area contributed by atoms with Gasteiger partial charge < -0.3 is 18.9 Å². The number of carbonyl (C=O) groups is 1. The van der Waals surface area contributed by atoms with E-state index in [9.17, 15) is 4.79 Å². The van der Waals surface area contributed by atoms with Crippen molar-refractivity contribution in [2.45, 2.75) is 27.7 Å². The molecule has 5 aromatic rings. The van der Waals surface area contributed by atoms with Gasteiger partial charge in [-0.1, -0.05) is 72.8 Å². The van der Waals surface area contributed by atoms with Gasteiger partial charge in [0, 0.05) is 5.56 Å². The van der Waals surface area contributed by atoms with E-state index in [2.05, 4.69) is 12.1 Å². The summed E-state index contributed by atoms with van der Waals surface area (Å²) in [5, 5.41) is 0. The van der Waals surface area contributed by atoms with Crippen molar-refractivity contribution in [2.24, 2.45) is 0 Å². The molecular weight excluding hydrogens is 536 g/mol. The molecule has 0 aliphatic carbocycles. The summed E-state index contributed by atoms with van der Waals surface area (Å²) in [5.41, 5.74) is 6.58. The molecule has 0 saturated carbocycles. The fourth-order valence-corrected chi connectivity index (χ4v) is 4.83. The second-order valence-corrected chi connectivity index (χ2v) is 10.3. The molecule has 0 atom stereocenters. The normalized spacial score (nSPS) is 11.1. The highest BCUT2D eigenvalue weighted by molar-refractivity contribution is 6.19. The van der Waals surface area contributed by atoms with Crippen LogP contribution in [0.2, 0.25) is 0 Å². The van der Waals surface area contributed by atoms with Crippen LogP contribution >= 0.6 is 0 Å². The number of hydrogen-bond donors (Lipinski definition) is 0. The zero-order chi connectivity index (χ0) is 30.3. The molecule has 5 nitrogen and oxygen atoms in total. The number of carbonyl (C=O) groups excluding carboxylic acids is 1. The molecule has 5 rings (SSSR count). The number of rotatable bonds is 9. The minimum absolute atomic E-state index is 0.284. The Labute approximate surface area is 253 Å². The van der Waals surface area contributed by atoms with Crippen molar-refractivity contribution < 1.29 is 23.7 Å². The van der Waals surface area contributed by atoms with Crippen LogP contribution in [0.3, 0.4) is 0 Å². The number of aryl methyl sites for hydroxylation is 2. The van der Waals surface area contributed by atoms with Crippen molar-refractivity contribution in [3.63, 3.8) is 0 Å². The van der Waals surface area contributed by atoms with Gasteiger partial charge >= 0.3 is 5.97 Å². The van der Waals surface area contributed by atoms with E-state index >= 15 is 0 Å². The number of ether oxygens (including phenoxy) is 4. The van der Waals surface area contributed by atoms with E-state index < -0.39 is 5.97 Å². The molecule has 0 amide bonds. The lowest BCUT2D eigenvalue weighted by Gasteiger charge is -2.18. The first-order chi connectivity index (χ1) is 20.9. The summed E-state index contributed by atoms with van der Waals surface area (Å²) in [6.45, 7) is 7.95. The van der Waals surface area contributed by atoms with Crippen LogP contribution in [-0.4, -0.2) is 13.1 Å². The zero-order valence-corrected chi connectivity index (χ0v) is 25.0. The largest absolute Gasteiger partial charge is 0.503 e. The summed E-state index contributed by atoms with van der Waals surface area (Å²) in [4.78, 5) is 13.7. The van der Waals surface area contributed by atoms with Crippen molar-refractivity contribution >= 4 is 11.5 Å². The topological polar surface area (TPSA) is 54.0 Å². The van der Waals surface area contributed by atoms with Gasteiger partial charge in [-0.25, -0.2) is 4.79 Å². The minimum atomic E-state index is -0.547. The fraction of sp³-hybridized carbons (Fsp3) is 0.132. The number of methoxy groups -OCH3 is 1. The molecule has 0 aliphatic rings. The summed E-state index contributed by atoms with van der Waals surface area (Å²) >= 11 is 0. The Morgan fingerprint density at radius 3 is 2.02 bits per heavy atom. The second kappa shape index (κ2) is 13.1. The molecule has 0 heterocycles. The Kier molecular flexibility index (Phi) is 8.92. The first-order valence-corrected chi connectivity index (χ1v) is 14.1. The third kappa shape index (κ3) is 6.62. The van der Waals surface area contributed by atoms with E-state index in [4.69, 9.17) is 18.9 Å². The smallest absolute Gasteiger partial charge is 0.347 e. The summed E-state index contributed by atoms with van der Waals surface area (Å²) in [5.74, 6) is 2.71. The van der Waals surface area contributed by atoms with E-state index in [0.717, 1.165) is 39.3 Å². The second-order valence-electron chi connectivity index (χ2n) is 10.3. The van der Waals surface area contributed by atoms with Gasteiger partial charge in [-0.2, -0.15) is 0 Å². The van der Waals surface area contributed by atoms with Gasteiger partial charge in [0.2, 0.25) is 0 Å². The molecule has 0 aromatic heterocycles. The van der Waals surface area contributed by atoms with Crippen molar-refractivity contribution in [1.82, 2.24) is 0 Å². The van der Waals surface area contributed by atoms with E-state index in [1.165, 1.54) is 13.4 Å². The Hall–Kier alpha value is -5.29. The maximum Gasteiger partial charge on any atom is 0.347 e. The lowest BCUT2D eigenvalue weighted by Crippen LogP contribution is -2.12. The molecule has 43 heavy (non-hydrogen) atoms. The van der Waals surface area contributed by atoms with Crippen LogP contribution in [0.1, 0.15) is 27.8 Å². The molecule has 0 aliphatic heterocycles. The van der Waals surface area contributed by atoms with Crippen LogP contribution in [-0.2, 0) is 9.53 Å². The van der Waals surface area contributed by atoms with Crippen LogP contribution in [0.15, 0.2) is 115 Å². The van der Waals surface area contributed by atoms with E-state index in [0.29, 0.717) is 28.4 Å². The molecule has 0 N–H and O–H groups in total. The standard InChI is InChI=1S/C38H34O5/c1-25-21-22-26(2)37(23-25)42-34-18-11-17-30(27(34)3)31-15-9-10-16-32(31)33(24-40-5)38(39)43-36-20-12-19-35(28(36)4)41-29-13-7-6-8-14-29/h6-24H,1-5H3/b33-24+. The van der Waals surface area contributed by atoms with Crippen LogP contribution in [0.4, 0.5) is 0 Å². The molecule has 0 spiro atoms. The Morgan fingerprint density at radius 2 is 1.26 bits per heavy atom. The predicted molar refractivity (Wildman–Crippen MR) is 171 cm³/mol. The molecule has 0 bridgehead atoms. The molecule has 0 fully saturated rings. The van der Waals surface area contributed by atoms with Crippen LogP contribution in [0, 0.1) is 27.7 Å². The Morgan fingerprint density at radius 1 is 0.605 bits per heavy atom. The third-order valence-electron chi connectivity index (χ3n) is 7.22. The minimum Gasteiger partial charge on any atom is -0.503 e. The van der Waals surface area contributed by atoms with Crippen molar-refractivity contribution in [2.75, 3.05) is 7.11 Å². The molecular formula is C38H34O5. The van der Waals surface area contributed by atoms with Gasteiger partial charge in [0.1, 0.15) is 34.3 Å². The van der Waals surface area contributed by atoms with E-state index in [-0.39, 0.29) is 5.57 Å². The van der Waals surface area contributed by atoms with Crippen LogP contribution in [0.25, 0.3) is 16.7 Å². The molecule has 0 radical (unpaired) electrons. The quantitative estimate of drug-likeness (QED) is 0.0764. The van der Waals surface area contributed by atoms with Gasteiger partial charge in [-0.15, -0.1) is 0 Å².